The number of sulfonamides is 1. The molecular weight excluding hydrogens is 476 g/mol. The van der Waals surface area contributed by atoms with E-state index in [1.165, 1.54) is 40.8 Å². The van der Waals surface area contributed by atoms with Gasteiger partial charge in [0.25, 0.3) is 5.91 Å². The molecule has 3 N–H and O–H groups in total. The Labute approximate surface area is 211 Å². The van der Waals surface area contributed by atoms with Crippen LogP contribution in [0.2, 0.25) is 0 Å². The number of carbonyl (C=O) groups excluding carboxylic acids is 1. The van der Waals surface area contributed by atoms with Crippen molar-refractivity contribution in [1.82, 2.24) is 4.72 Å². The summed E-state index contributed by atoms with van der Waals surface area (Å²) in [6.07, 6.45) is 8.89. The maximum atomic E-state index is 13.0. The average molecular weight is 505 g/mol. The average Bonchev–Trinajstić information content (AvgIpc) is 2.88. The summed E-state index contributed by atoms with van der Waals surface area (Å²) >= 11 is 0. The SMILES string of the molecule is CN(C(=O)/C=C/C=C/c1ccc(O)c(O)c1)c1ccc(S(=O)(=O)NC2CCCc3ccccc32)cc1. The number of rotatable bonds is 7. The second-order valence-corrected chi connectivity index (χ2v) is 10.3. The minimum atomic E-state index is -3.73. The van der Waals surface area contributed by atoms with E-state index in [9.17, 15) is 23.4 Å². The van der Waals surface area contributed by atoms with Gasteiger partial charge >= 0.3 is 0 Å². The number of aromatic hydroxyl groups is 2. The van der Waals surface area contributed by atoms with Crippen LogP contribution in [-0.2, 0) is 21.2 Å². The van der Waals surface area contributed by atoms with Crippen molar-refractivity contribution in [3.05, 3.63) is 102 Å². The molecule has 0 fully saturated rings. The molecule has 0 aliphatic heterocycles. The molecule has 36 heavy (non-hydrogen) atoms. The Kier molecular flexibility index (Phi) is 7.57. The first-order valence-electron chi connectivity index (χ1n) is 11.6. The van der Waals surface area contributed by atoms with Crippen LogP contribution in [0, 0.1) is 0 Å². The molecule has 0 saturated heterocycles. The second-order valence-electron chi connectivity index (χ2n) is 8.62. The fourth-order valence-electron chi connectivity index (χ4n) is 4.17. The Bertz CT molecular complexity index is 1410. The molecule has 0 spiro atoms. The highest BCUT2D eigenvalue weighted by Crippen LogP contribution is 2.31. The van der Waals surface area contributed by atoms with Crippen molar-refractivity contribution >= 4 is 27.7 Å². The number of aryl methyl sites for hydroxylation is 1. The molecule has 1 unspecified atom stereocenters. The van der Waals surface area contributed by atoms with Gasteiger partial charge < -0.3 is 15.1 Å². The first-order chi connectivity index (χ1) is 17.2. The van der Waals surface area contributed by atoms with Crippen LogP contribution in [-0.4, -0.2) is 31.6 Å². The van der Waals surface area contributed by atoms with Gasteiger partial charge in [0.1, 0.15) is 0 Å². The number of nitrogens with zero attached hydrogens (tertiary/aromatic N) is 1. The zero-order valence-electron chi connectivity index (χ0n) is 19.8. The van der Waals surface area contributed by atoms with Crippen LogP contribution in [0.3, 0.4) is 0 Å². The number of benzene rings is 3. The number of amides is 1. The molecule has 0 heterocycles. The Morgan fingerprint density at radius 2 is 1.75 bits per heavy atom. The fourth-order valence-corrected chi connectivity index (χ4v) is 5.42. The number of carbonyl (C=O) groups is 1. The molecule has 0 aromatic heterocycles. The van der Waals surface area contributed by atoms with E-state index in [1.807, 2.05) is 24.3 Å². The van der Waals surface area contributed by atoms with Crippen LogP contribution in [0.25, 0.3) is 6.08 Å². The van der Waals surface area contributed by atoms with Crippen molar-refractivity contribution < 1.29 is 23.4 Å². The lowest BCUT2D eigenvalue weighted by Gasteiger charge is -2.26. The lowest BCUT2D eigenvalue weighted by atomic mass is 9.88. The van der Waals surface area contributed by atoms with E-state index in [4.69, 9.17) is 0 Å². The molecular formula is C28H28N2O5S. The minimum absolute atomic E-state index is 0.144. The zero-order chi connectivity index (χ0) is 25.7. The minimum Gasteiger partial charge on any atom is -0.504 e. The molecule has 1 atom stereocenters. The molecule has 3 aromatic rings. The van der Waals surface area contributed by atoms with Crippen molar-refractivity contribution in [2.24, 2.45) is 0 Å². The molecule has 1 amide bonds. The smallest absolute Gasteiger partial charge is 0.250 e. The number of hydrogen-bond acceptors (Lipinski definition) is 5. The van der Waals surface area contributed by atoms with Crippen LogP contribution in [0.1, 0.15) is 35.6 Å². The van der Waals surface area contributed by atoms with E-state index in [-0.39, 0.29) is 28.3 Å². The lowest BCUT2D eigenvalue weighted by Crippen LogP contribution is -2.31. The van der Waals surface area contributed by atoms with Gasteiger partial charge in [-0.2, -0.15) is 0 Å². The number of hydrogen-bond donors (Lipinski definition) is 3. The Balaban J connectivity index is 1.39. The highest BCUT2D eigenvalue weighted by Gasteiger charge is 2.25. The summed E-state index contributed by atoms with van der Waals surface area (Å²) in [5.41, 5.74) is 3.42. The van der Waals surface area contributed by atoms with E-state index >= 15 is 0 Å². The highest BCUT2D eigenvalue weighted by atomic mass is 32.2. The topological polar surface area (TPSA) is 107 Å². The molecule has 7 nitrogen and oxygen atoms in total. The largest absolute Gasteiger partial charge is 0.504 e. The maximum absolute atomic E-state index is 13.0. The van der Waals surface area contributed by atoms with E-state index in [2.05, 4.69) is 4.72 Å². The molecule has 3 aromatic carbocycles. The summed E-state index contributed by atoms with van der Waals surface area (Å²) in [5, 5.41) is 18.9. The molecule has 8 heteroatoms. The van der Waals surface area contributed by atoms with Crippen molar-refractivity contribution in [3.63, 3.8) is 0 Å². The normalized spacial score (nSPS) is 15.8. The third kappa shape index (κ3) is 5.84. The molecule has 4 rings (SSSR count). The van der Waals surface area contributed by atoms with Gasteiger partial charge in [0.05, 0.1) is 4.90 Å². The van der Waals surface area contributed by atoms with E-state index in [1.54, 1.807) is 43.5 Å². The number of fused-ring (bicyclic) bond motifs is 1. The van der Waals surface area contributed by atoms with E-state index in [0.717, 1.165) is 24.8 Å². The van der Waals surface area contributed by atoms with E-state index in [0.29, 0.717) is 11.3 Å². The van der Waals surface area contributed by atoms with Gasteiger partial charge in [0.2, 0.25) is 10.0 Å². The lowest BCUT2D eigenvalue weighted by molar-refractivity contribution is -0.113. The number of anilines is 1. The van der Waals surface area contributed by atoms with E-state index < -0.39 is 10.0 Å². The first kappa shape index (κ1) is 25.2. The highest BCUT2D eigenvalue weighted by molar-refractivity contribution is 7.89. The summed E-state index contributed by atoms with van der Waals surface area (Å²) in [7, 11) is -2.12. The van der Waals surface area contributed by atoms with Crippen molar-refractivity contribution in [2.45, 2.75) is 30.2 Å². The van der Waals surface area contributed by atoms with Crippen molar-refractivity contribution in [1.29, 1.82) is 0 Å². The van der Waals surface area contributed by atoms with Gasteiger partial charge in [-0.1, -0.05) is 48.6 Å². The van der Waals surface area contributed by atoms with Crippen molar-refractivity contribution in [3.8, 4) is 11.5 Å². The van der Waals surface area contributed by atoms with Gasteiger partial charge in [0, 0.05) is 24.9 Å². The van der Waals surface area contributed by atoms with Crippen LogP contribution in [0.4, 0.5) is 5.69 Å². The molecule has 1 aliphatic rings. The van der Waals surface area contributed by atoms with Crippen LogP contribution in [0.15, 0.2) is 89.9 Å². The predicted octanol–water partition coefficient (Wildman–Crippen LogP) is 4.69. The predicted molar refractivity (Wildman–Crippen MR) is 140 cm³/mol. The second kappa shape index (κ2) is 10.8. The number of phenolic OH excluding ortho intramolecular Hbond substituents is 2. The zero-order valence-corrected chi connectivity index (χ0v) is 20.7. The third-order valence-electron chi connectivity index (χ3n) is 6.17. The Morgan fingerprint density at radius 3 is 2.50 bits per heavy atom. The maximum Gasteiger partial charge on any atom is 0.250 e. The van der Waals surface area contributed by atoms with Gasteiger partial charge in [-0.15, -0.1) is 0 Å². The van der Waals surface area contributed by atoms with Crippen LogP contribution >= 0.6 is 0 Å². The first-order valence-corrected chi connectivity index (χ1v) is 13.1. The summed E-state index contributed by atoms with van der Waals surface area (Å²) < 4.78 is 28.9. The number of allylic oxidation sites excluding steroid dienone is 2. The number of phenols is 2. The van der Waals surface area contributed by atoms with Gasteiger partial charge in [-0.3, -0.25) is 4.79 Å². The number of likely N-dealkylation sites (N-methyl/N-ethyl adjacent to an activating group) is 1. The Morgan fingerprint density at radius 1 is 1.00 bits per heavy atom. The standard InChI is InChI=1S/C28H28N2O5S/c1-30(28(33)12-5-2-7-20-13-18-26(31)27(32)19-20)22-14-16-23(17-15-22)36(34,35)29-25-11-6-9-21-8-3-4-10-24(21)25/h2-5,7-8,10,12-19,25,29,31-32H,6,9,11H2,1H3/b7-2+,12-5+. The van der Waals surface area contributed by atoms with Crippen LogP contribution in [0.5, 0.6) is 11.5 Å². The molecule has 0 saturated carbocycles. The van der Waals surface area contributed by atoms with Gasteiger partial charge in [-0.05, 0) is 72.4 Å². The third-order valence-corrected chi connectivity index (χ3v) is 7.66. The Hall–Kier alpha value is -3.88. The quantitative estimate of drug-likeness (QED) is 0.246. The molecule has 0 radical (unpaired) electrons. The van der Waals surface area contributed by atoms with Gasteiger partial charge in [-0.25, -0.2) is 13.1 Å². The number of nitrogens with one attached hydrogen (secondary N) is 1. The van der Waals surface area contributed by atoms with Crippen molar-refractivity contribution in [2.75, 3.05) is 11.9 Å². The molecule has 186 valence electrons. The van der Waals surface area contributed by atoms with Crippen LogP contribution < -0.4 is 9.62 Å². The summed E-state index contributed by atoms with van der Waals surface area (Å²) in [6, 6.07) is 18.3. The molecule has 0 bridgehead atoms. The monoisotopic (exact) mass is 504 g/mol. The van der Waals surface area contributed by atoms with Gasteiger partial charge in [0.15, 0.2) is 11.5 Å². The summed E-state index contributed by atoms with van der Waals surface area (Å²) in [6.45, 7) is 0. The summed E-state index contributed by atoms with van der Waals surface area (Å²) in [5.74, 6) is -0.713. The summed E-state index contributed by atoms with van der Waals surface area (Å²) in [4.78, 5) is 14.1. The molecule has 1 aliphatic carbocycles. The fraction of sp³-hybridized carbons (Fsp3) is 0.179.